The standard InChI is InChI=1S/C15H14N2/c1-2-14-13-10-6-7-11-15(13)17(16-14)12-8-4-3-5-9-12/h3-11H,2H2,1H3. The highest BCUT2D eigenvalue weighted by atomic mass is 15.3. The minimum Gasteiger partial charge on any atom is -0.233 e. The van der Waals surface area contributed by atoms with E-state index in [1.54, 1.807) is 0 Å². The van der Waals surface area contributed by atoms with Crippen molar-refractivity contribution in [2.45, 2.75) is 13.3 Å². The zero-order valence-electron chi connectivity index (χ0n) is 9.80. The predicted octanol–water partition coefficient (Wildman–Crippen LogP) is 3.59. The van der Waals surface area contributed by atoms with Gasteiger partial charge in [0.05, 0.1) is 16.9 Å². The summed E-state index contributed by atoms with van der Waals surface area (Å²) in [5.74, 6) is 0. The smallest absolute Gasteiger partial charge is 0.0744 e. The lowest BCUT2D eigenvalue weighted by Crippen LogP contribution is -1.96. The average Bonchev–Trinajstić information content (AvgIpc) is 2.78. The van der Waals surface area contributed by atoms with E-state index in [2.05, 4.69) is 43.3 Å². The van der Waals surface area contributed by atoms with Crippen LogP contribution in [0.5, 0.6) is 0 Å². The van der Waals surface area contributed by atoms with Crippen molar-refractivity contribution in [3.05, 3.63) is 60.3 Å². The van der Waals surface area contributed by atoms with Gasteiger partial charge in [-0.1, -0.05) is 43.3 Å². The van der Waals surface area contributed by atoms with E-state index in [0.717, 1.165) is 17.8 Å². The molecule has 0 radical (unpaired) electrons. The molecule has 2 nitrogen and oxygen atoms in total. The summed E-state index contributed by atoms with van der Waals surface area (Å²) in [5.41, 5.74) is 3.45. The molecule has 3 aromatic rings. The van der Waals surface area contributed by atoms with Crippen LogP contribution in [-0.2, 0) is 6.42 Å². The molecule has 0 saturated carbocycles. The van der Waals surface area contributed by atoms with Gasteiger partial charge in [0.1, 0.15) is 0 Å². The SMILES string of the molecule is CCc1nn(-c2ccccc2)c2ccccc12. The van der Waals surface area contributed by atoms with E-state index < -0.39 is 0 Å². The van der Waals surface area contributed by atoms with Gasteiger partial charge >= 0.3 is 0 Å². The van der Waals surface area contributed by atoms with Gasteiger partial charge in [0, 0.05) is 5.39 Å². The Morgan fingerprint density at radius 2 is 1.65 bits per heavy atom. The lowest BCUT2D eigenvalue weighted by molar-refractivity contribution is 0.863. The molecule has 3 rings (SSSR count). The van der Waals surface area contributed by atoms with E-state index in [0.29, 0.717) is 0 Å². The molecule has 0 N–H and O–H groups in total. The summed E-state index contributed by atoms with van der Waals surface area (Å²) < 4.78 is 2.02. The van der Waals surface area contributed by atoms with Crippen LogP contribution in [0.4, 0.5) is 0 Å². The molecule has 84 valence electrons. The van der Waals surface area contributed by atoms with Gasteiger partial charge in [-0.15, -0.1) is 0 Å². The Hall–Kier alpha value is -2.09. The number of aryl methyl sites for hydroxylation is 1. The average molecular weight is 222 g/mol. The van der Waals surface area contributed by atoms with Gasteiger partial charge in [-0.2, -0.15) is 5.10 Å². The van der Waals surface area contributed by atoms with Crippen LogP contribution in [0.3, 0.4) is 0 Å². The topological polar surface area (TPSA) is 17.8 Å². The fraction of sp³-hybridized carbons (Fsp3) is 0.133. The summed E-state index contributed by atoms with van der Waals surface area (Å²) in [6.07, 6.45) is 0.959. The molecule has 0 aliphatic heterocycles. The quantitative estimate of drug-likeness (QED) is 0.648. The van der Waals surface area contributed by atoms with Crippen molar-refractivity contribution in [3.63, 3.8) is 0 Å². The van der Waals surface area contributed by atoms with Gasteiger partial charge in [0.25, 0.3) is 0 Å². The van der Waals surface area contributed by atoms with Gasteiger partial charge in [-0.3, -0.25) is 0 Å². The van der Waals surface area contributed by atoms with E-state index >= 15 is 0 Å². The molecule has 0 bridgehead atoms. The number of fused-ring (bicyclic) bond motifs is 1. The highest BCUT2D eigenvalue weighted by Gasteiger charge is 2.08. The Labute approximate surface area is 101 Å². The number of hydrogen-bond donors (Lipinski definition) is 0. The monoisotopic (exact) mass is 222 g/mol. The van der Waals surface area contributed by atoms with E-state index in [1.807, 2.05) is 22.9 Å². The van der Waals surface area contributed by atoms with Gasteiger partial charge in [-0.05, 0) is 24.6 Å². The van der Waals surface area contributed by atoms with Crippen LogP contribution in [0, 0.1) is 0 Å². The number of aromatic nitrogens is 2. The van der Waals surface area contributed by atoms with Gasteiger partial charge in [-0.25, -0.2) is 4.68 Å². The molecule has 2 aromatic carbocycles. The van der Waals surface area contributed by atoms with E-state index in [1.165, 1.54) is 10.9 Å². The maximum atomic E-state index is 4.69. The molecule has 0 saturated heterocycles. The van der Waals surface area contributed by atoms with Crippen LogP contribution in [0.15, 0.2) is 54.6 Å². The molecule has 1 aromatic heterocycles. The highest BCUT2D eigenvalue weighted by Crippen LogP contribution is 2.21. The van der Waals surface area contributed by atoms with Crippen molar-refractivity contribution in [1.82, 2.24) is 9.78 Å². The van der Waals surface area contributed by atoms with E-state index in [9.17, 15) is 0 Å². The minimum absolute atomic E-state index is 0.959. The zero-order chi connectivity index (χ0) is 11.7. The second kappa shape index (κ2) is 4.06. The third-order valence-corrected chi connectivity index (χ3v) is 3.00. The summed E-state index contributed by atoms with van der Waals surface area (Å²) in [7, 11) is 0. The van der Waals surface area contributed by atoms with Crippen LogP contribution >= 0.6 is 0 Å². The fourth-order valence-corrected chi connectivity index (χ4v) is 2.16. The fourth-order valence-electron chi connectivity index (χ4n) is 2.16. The first-order chi connectivity index (χ1) is 8.40. The third-order valence-electron chi connectivity index (χ3n) is 3.00. The molecule has 2 heteroatoms. The van der Waals surface area contributed by atoms with Gasteiger partial charge in [0.15, 0.2) is 0 Å². The van der Waals surface area contributed by atoms with Crippen molar-refractivity contribution in [2.75, 3.05) is 0 Å². The number of nitrogens with zero attached hydrogens (tertiary/aromatic N) is 2. The molecule has 0 amide bonds. The summed E-state index contributed by atoms with van der Waals surface area (Å²) in [6.45, 7) is 2.14. The lowest BCUT2D eigenvalue weighted by Gasteiger charge is -2.02. The van der Waals surface area contributed by atoms with Gasteiger partial charge in [0.2, 0.25) is 0 Å². The molecular weight excluding hydrogens is 208 g/mol. The van der Waals surface area contributed by atoms with Crippen LogP contribution in [0.25, 0.3) is 16.6 Å². The molecule has 0 spiro atoms. The second-order valence-electron chi connectivity index (χ2n) is 4.06. The van der Waals surface area contributed by atoms with Crippen molar-refractivity contribution < 1.29 is 0 Å². The molecule has 1 heterocycles. The third kappa shape index (κ3) is 1.62. The van der Waals surface area contributed by atoms with Crippen LogP contribution in [-0.4, -0.2) is 9.78 Å². The minimum atomic E-state index is 0.959. The Morgan fingerprint density at radius 3 is 2.41 bits per heavy atom. The molecule has 0 unspecified atom stereocenters. The Bertz CT molecular complexity index is 638. The zero-order valence-corrected chi connectivity index (χ0v) is 9.80. The van der Waals surface area contributed by atoms with Crippen molar-refractivity contribution in [3.8, 4) is 5.69 Å². The summed E-state index contributed by atoms with van der Waals surface area (Å²) >= 11 is 0. The number of para-hydroxylation sites is 2. The Morgan fingerprint density at radius 1 is 0.941 bits per heavy atom. The second-order valence-corrected chi connectivity index (χ2v) is 4.06. The first kappa shape index (κ1) is 10.1. The van der Waals surface area contributed by atoms with Crippen molar-refractivity contribution >= 4 is 10.9 Å². The summed E-state index contributed by atoms with van der Waals surface area (Å²) in [6, 6.07) is 18.7. The first-order valence-electron chi connectivity index (χ1n) is 5.92. The van der Waals surface area contributed by atoms with Gasteiger partial charge < -0.3 is 0 Å². The maximum absolute atomic E-state index is 4.69. The largest absolute Gasteiger partial charge is 0.233 e. The normalized spacial score (nSPS) is 10.9. The maximum Gasteiger partial charge on any atom is 0.0744 e. The van der Waals surface area contributed by atoms with E-state index in [4.69, 9.17) is 5.10 Å². The number of rotatable bonds is 2. The predicted molar refractivity (Wildman–Crippen MR) is 70.4 cm³/mol. The summed E-state index contributed by atoms with van der Waals surface area (Å²) in [5, 5.41) is 5.94. The first-order valence-corrected chi connectivity index (χ1v) is 5.92. The van der Waals surface area contributed by atoms with E-state index in [-0.39, 0.29) is 0 Å². The lowest BCUT2D eigenvalue weighted by atomic mass is 10.2. The van der Waals surface area contributed by atoms with Crippen molar-refractivity contribution in [2.24, 2.45) is 0 Å². The van der Waals surface area contributed by atoms with Crippen LogP contribution in [0.1, 0.15) is 12.6 Å². The molecule has 0 aliphatic carbocycles. The number of hydrogen-bond acceptors (Lipinski definition) is 1. The molecule has 0 aliphatic rings. The molecule has 0 atom stereocenters. The molecule has 17 heavy (non-hydrogen) atoms. The highest BCUT2D eigenvalue weighted by molar-refractivity contribution is 5.83. The summed E-state index contributed by atoms with van der Waals surface area (Å²) in [4.78, 5) is 0. The molecule has 0 fully saturated rings. The molecular formula is C15H14N2. The number of benzene rings is 2. The van der Waals surface area contributed by atoms with Crippen molar-refractivity contribution in [1.29, 1.82) is 0 Å². The van der Waals surface area contributed by atoms with Crippen LogP contribution < -0.4 is 0 Å². The van der Waals surface area contributed by atoms with Crippen LogP contribution in [0.2, 0.25) is 0 Å². The Balaban J connectivity index is 2.31. The Kier molecular flexibility index (Phi) is 2.41.